The number of carbonyl (C=O) groups is 1. The maximum absolute atomic E-state index is 12.5. The van der Waals surface area contributed by atoms with Gasteiger partial charge in [0.1, 0.15) is 11.5 Å². The van der Waals surface area contributed by atoms with Crippen LogP contribution in [0.15, 0.2) is 29.0 Å². The molecule has 2 N–H and O–H groups in total. The molecule has 0 saturated carbocycles. The Bertz CT molecular complexity index is 647. The van der Waals surface area contributed by atoms with Crippen LogP contribution in [-0.4, -0.2) is 17.6 Å². The number of hydrogen-bond acceptors (Lipinski definition) is 4. The molecule has 1 amide bonds. The van der Waals surface area contributed by atoms with Crippen LogP contribution in [-0.2, 0) is 0 Å². The monoisotopic (exact) mass is 319 g/mol. The van der Waals surface area contributed by atoms with Gasteiger partial charge in [-0.1, -0.05) is 31.8 Å². The first-order valence-corrected chi connectivity index (χ1v) is 8.41. The average Bonchev–Trinajstić information content (AvgIpc) is 3.12. The van der Waals surface area contributed by atoms with Crippen molar-refractivity contribution in [2.75, 3.05) is 6.61 Å². The Morgan fingerprint density at radius 1 is 1.33 bits per heavy atom. The molecule has 0 fully saturated rings. The number of thiophene rings is 2. The first kappa shape index (κ1) is 15.8. The fraction of sp³-hybridized carbons (Fsp3) is 0.312. The highest BCUT2D eigenvalue weighted by Gasteiger charge is 2.21. The number of carbonyl (C=O) groups excluding carboxylic acids is 1. The lowest BCUT2D eigenvalue weighted by atomic mass is 10.0. The molecule has 5 heteroatoms. The highest BCUT2D eigenvalue weighted by Crippen LogP contribution is 2.27. The summed E-state index contributed by atoms with van der Waals surface area (Å²) in [5, 5.41) is 15.7. The predicted molar refractivity (Wildman–Crippen MR) is 87.6 cm³/mol. The minimum absolute atomic E-state index is 0.00162. The van der Waals surface area contributed by atoms with E-state index in [1.165, 1.54) is 11.3 Å². The van der Waals surface area contributed by atoms with Gasteiger partial charge in [-0.2, -0.15) is 0 Å². The fourth-order valence-corrected chi connectivity index (χ4v) is 3.66. The largest absolute Gasteiger partial charge is 0.384 e. The molecule has 0 aliphatic carbocycles. The zero-order chi connectivity index (χ0) is 15.2. The number of rotatable bonds is 4. The van der Waals surface area contributed by atoms with Gasteiger partial charge >= 0.3 is 0 Å². The molecule has 0 radical (unpaired) electrons. The van der Waals surface area contributed by atoms with Crippen LogP contribution < -0.4 is 5.32 Å². The summed E-state index contributed by atoms with van der Waals surface area (Å²) in [7, 11) is 0. The van der Waals surface area contributed by atoms with Crippen LogP contribution in [0.25, 0.3) is 0 Å². The molecule has 2 aromatic rings. The van der Waals surface area contributed by atoms with Gasteiger partial charge in [0.05, 0.1) is 6.04 Å². The zero-order valence-electron chi connectivity index (χ0n) is 11.9. The molecule has 0 aliphatic rings. The first-order chi connectivity index (χ1) is 10.1. The molecule has 0 aliphatic heterocycles. The van der Waals surface area contributed by atoms with E-state index in [0.717, 1.165) is 4.88 Å². The van der Waals surface area contributed by atoms with Crippen LogP contribution in [0.5, 0.6) is 0 Å². The van der Waals surface area contributed by atoms with Gasteiger partial charge in [-0.25, -0.2) is 0 Å². The third kappa shape index (κ3) is 3.94. The normalized spacial score (nSPS) is 11.8. The molecular formula is C16H17NO2S2. The van der Waals surface area contributed by atoms with Crippen molar-refractivity contribution in [1.29, 1.82) is 0 Å². The zero-order valence-corrected chi connectivity index (χ0v) is 13.6. The van der Waals surface area contributed by atoms with Crippen molar-refractivity contribution in [2.45, 2.75) is 19.9 Å². The van der Waals surface area contributed by atoms with Crippen molar-refractivity contribution in [2.24, 2.45) is 5.92 Å². The van der Waals surface area contributed by atoms with Crippen molar-refractivity contribution < 1.29 is 9.90 Å². The lowest BCUT2D eigenvalue weighted by Gasteiger charge is -2.21. The van der Waals surface area contributed by atoms with Gasteiger partial charge in [0.2, 0.25) is 0 Å². The van der Waals surface area contributed by atoms with Crippen LogP contribution in [0.4, 0.5) is 0 Å². The molecule has 110 valence electrons. The van der Waals surface area contributed by atoms with E-state index in [4.69, 9.17) is 5.11 Å². The van der Waals surface area contributed by atoms with Crippen molar-refractivity contribution in [3.8, 4) is 11.8 Å². The van der Waals surface area contributed by atoms with Gasteiger partial charge in [-0.15, -0.1) is 22.7 Å². The SMILES string of the molecule is CC(C)C(NC(=O)c1sccc1C#CCO)c1cccs1. The molecular weight excluding hydrogens is 302 g/mol. The smallest absolute Gasteiger partial charge is 0.263 e. The van der Waals surface area contributed by atoms with Crippen LogP contribution in [0, 0.1) is 17.8 Å². The number of hydrogen-bond donors (Lipinski definition) is 2. The van der Waals surface area contributed by atoms with Crippen LogP contribution in [0.2, 0.25) is 0 Å². The van der Waals surface area contributed by atoms with E-state index in [1.807, 2.05) is 22.9 Å². The quantitative estimate of drug-likeness (QED) is 0.850. The van der Waals surface area contributed by atoms with Crippen molar-refractivity contribution in [3.05, 3.63) is 44.3 Å². The predicted octanol–water partition coefficient (Wildman–Crippen LogP) is 3.28. The third-order valence-electron chi connectivity index (χ3n) is 2.98. The Hall–Kier alpha value is -1.61. The summed E-state index contributed by atoms with van der Waals surface area (Å²) < 4.78 is 0. The van der Waals surface area contributed by atoms with Crippen molar-refractivity contribution in [3.63, 3.8) is 0 Å². The maximum atomic E-state index is 12.5. The molecule has 3 nitrogen and oxygen atoms in total. The minimum atomic E-state index is -0.208. The first-order valence-electron chi connectivity index (χ1n) is 6.65. The fourth-order valence-electron chi connectivity index (χ4n) is 1.96. The molecule has 0 saturated heterocycles. The van der Waals surface area contributed by atoms with Gasteiger partial charge < -0.3 is 10.4 Å². The number of nitrogens with one attached hydrogen (secondary N) is 1. The van der Waals surface area contributed by atoms with Crippen LogP contribution in [0.1, 0.15) is 40.0 Å². The summed E-state index contributed by atoms with van der Waals surface area (Å²) in [6.45, 7) is 3.97. The van der Waals surface area contributed by atoms with Gasteiger partial charge in [-0.05, 0) is 28.8 Å². The Kier molecular flexibility index (Phi) is 5.57. The summed E-state index contributed by atoms with van der Waals surface area (Å²) in [5.41, 5.74) is 0.667. The van der Waals surface area contributed by atoms with Crippen LogP contribution >= 0.6 is 22.7 Å². The van der Waals surface area contributed by atoms with E-state index in [9.17, 15) is 4.79 Å². The Labute approximate surface area is 132 Å². The van der Waals surface area contributed by atoms with E-state index < -0.39 is 0 Å². The second kappa shape index (κ2) is 7.41. The summed E-state index contributed by atoms with van der Waals surface area (Å²) in [5.74, 6) is 5.59. The summed E-state index contributed by atoms with van der Waals surface area (Å²) in [4.78, 5) is 14.2. The Morgan fingerprint density at radius 2 is 2.14 bits per heavy atom. The van der Waals surface area contributed by atoms with Crippen LogP contribution in [0.3, 0.4) is 0 Å². The van der Waals surface area contributed by atoms with E-state index in [2.05, 4.69) is 31.0 Å². The summed E-state index contributed by atoms with van der Waals surface area (Å²) >= 11 is 3.01. The van der Waals surface area contributed by atoms with Crippen molar-refractivity contribution >= 4 is 28.6 Å². The molecule has 1 atom stereocenters. The molecule has 0 bridgehead atoms. The van der Waals surface area contributed by atoms with Gasteiger partial charge in [0.25, 0.3) is 5.91 Å². The lowest BCUT2D eigenvalue weighted by Crippen LogP contribution is -2.31. The number of amides is 1. The lowest BCUT2D eigenvalue weighted by molar-refractivity contribution is 0.0930. The number of aliphatic hydroxyl groups is 1. The van der Waals surface area contributed by atoms with E-state index in [1.54, 1.807) is 17.4 Å². The van der Waals surface area contributed by atoms with Crippen molar-refractivity contribution in [1.82, 2.24) is 5.32 Å². The van der Waals surface area contributed by atoms with E-state index >= 15 is 0 Å². The highest BCUT2D eigenvalue weighted by molar-refractivity contribution is 7.12. The molecule has 21 heavy (non-hydrogen) atoms. The Balaban J connectivity index is 2.18. The Morgan fingerprint density at radius 3 is 2.76 bits per heavy atom. The second-order valence-electron chi connectivity index (χ2n) is 4.83. The van der Waals surface area contributed by atoms with Gasteiger partial charge in [-0.3, -0.25) is 4.79 Å². The highest BCUT2D eigenvalue weighted by atomic mass is 32.1. The third-order valence-corrected chi connectivity index (χ3v) is 4.85. The number of aliphatic hydroxyl groups excluding tert-OH is 1. The average molecular weight is 319 g/mol. The second-order valence-corrected chi connectivity index (χ2v) is 6.73. The molecule has 0 aromatic carbocycles. The molecule has 2 aromatic heterocycles. The minimum Gasteiger partial charge on any atom is -0.384 e. The molecule has 2 rings (SSSR count). The maximum Gasteiger partial charge on any atom is 0.263 e. The van der Waals surface area contributed by atoms with Gasteiger partial charge in [0, 0.05) is 10.4 Å². The molecule has 1 unspecified atom stereocenters. The molecule has 2 heterocycles. The van der Waals surface area contributed by atoms with Gasteiger partial charge in [0.15, 0.2) is 0 Å². The standard InChI is InChI=1S/C16H17NO2S2/c1-11(2)14(13-6-4-9-20-13)17-16(19)15-12(5-3-8-18)7-10-21-15/h4,6-7,9-11,14,18H,8H2,1-2H3,(H,17,19). The topological polar surface area (TPSA) is 49.3 Å². The van der Waals surface area contributed by atoms with E-state index in [0.29, 0.717) is 16.4 Å². The summed E-state index contributed by atoms with van der Waals surface area (Å²) in [6, 6.07) is 5.83. The van der Waals surface area contributed by atoms with E-state index in [-0.39, 0.29) is 18.6 Å². The summed E-state index contributed by atoms with van der Waals surface area (Å²) in [6.07, 6.45) is 0. The molecule has 0 spiro atoms.